The lowest BCUT2D eigenvalue weighted by molar-refractivity contribution is -0.131. The fourth-order valence-electron chi connectivity index (χ4n) is 2.78. The van der Waals surface area contributed by atoms with Gasteiger partial charge in [-0.25, -0.2) is 13.4 Å². The summed E-state index contributed by atoms with van der Waals surface area (Å²) in [5, 5.41) is 5.16. The molecule has 0 unspecified atom stereocenters. The number of thiazole rings is 1. The Morgan fingerprint density at radius 3 is 3.10 bits per heavy atom. The van der Waals surface area contributed by atoms with Crippen LogP contribution in [0.5, 0.6) is 0 Å². The number of fused-ring (bicyclic) bond motifs is 1. The van der Waals surface area contributed by atoms with E-state index in [0.717, 1.165) is 10.0 Å². The van der Waals surface area contributed by atoms with Crippen LogP contribution in [0.2, 0.25) is 0 Å². The number of aromatic nitrogens is 1. The smallest absolute Gasteiger partial charge is 0.233 e. The molecule has 0 aromatic carbocycles. The molecule has 2 aliphatic heterocycles. The molecule has 1 aromatic heterocycles. The Morgan fingerprint density at radius 1 is 1.57 bits per heavy atom. The highest BCUT2D eigenvalue weighted by Gasteiger charge is 2.44. The van der Waals surface area contributed by atoms with Crippen LogP contribution in [0.3, 0.4) is 0 Å². The van der Waals surface area contributed by atoms with Crippen molar-refractivity contribution >= 4 is 38.8 Å². The summed E-state index contributed by atoms with van der Waals surface area (Å²) in [6.45, 7) is 3.16. The number of thioether (sulfide) groups is 1. The SMILES string of the molecule is Cc1csc(SCC(=O)N2CCN[C@H]3CS(=O)(=O)C[C@H]32)n1. The number of aryl methyl sites for hydroxylation is 1. The molecule has 0 spiro atoms. The summed E-state index contributed by atoms with van der Waals surface area (Å²) < 4.78 is 24.4. The van der Waals surface area contributed by atoms with Crippen molar-refractivity contribution in [3.05, 3.63) is 11.1 Å². The van der Waals surface area contributed by atoms with Crippen LogP contribution >= 0.6 is 23.1 Å². The van der Waals surface area contributed by atoms with Crippen LogP contribution in [0, 0.1) is 6.92 Å². The summed E-state index contributed by atoms with van der Waals surface area (Å²) in [6, 6.07) is -0.324. The highest BCUT2D eigenvalue weighted by Crippen LogP contribution is 2.25. The van der Waals surface area contributed by atoms with Crippen molar-refractivity contribution in [3.8, 4) is 0 Å². The molecule has 0 saturated carbocycles. The number of carbonyl (C=O) groups is 1. The first-order valence-corrected chi connectivity index (χ1v) is 10.4. The van der Waals surface area contributed by atoms with E-state index in [-0.39, 0.29) is 29.5 Å². The van der Waals surface area contributed by atoms with E-state index in [1.54, 1.807) is 4.90 Å². The van der Waals surface area contributed by atoms with Gasteiger partial charge in [-0.2, -0.15) is 0 Å². The summed E-state index contributed by atoms with van der Waals surface area (Å²) in [5.74, 6) is 0.537. The summed E-state index contributed by atoms with van der Waals surface area (Å²) in [7, 11) is -3.03. The molecule has 2 atom stereocenters. The van der Waals surface area contributed by atoms with Gasteiger partial charge in [0.15, 0.2) is 14.2 Å². The number of piperazine rings is 1. The third-order valence-electron chi connectivity index (χ3n) is 3.72. The van der Waals surface area contributed by atoms with Gasteiger partial charge in [-0.1, -0.05) is 11.8 Å². The Balaban J connectivity index is 1.64. The van der Waals surface area contributed by atoms with Crippen molar-refractivity contribution in [1.82, 2.24) is 15.2 Å². The van der Waals surface area contributed by atoms with E-state index in [2.05, 4.69) is 10.3 Å². The average Bonchev–Trinajstić information content (AvgIpc) is 2.96. The minimum absolute atomic E-state index is 0.00135. The number of hydrogen-bond acceptors (Lipinski definition) is 7. The average molecular weight is 347 g/mol. The van der Waals surface area contributed by atoms with E-state index >= 15 is 0 Å². The predicted octanol–water partition coefficient (Wildman–Crippen LogP) is 0.141. The molecule has 0 radical (unpaired) electrons. The highest BCUT2D eigenvalue weighted by atomic mass is 32.2. The minimum atomic E-state index is -3.03. The van der Waals surface area contributed by atoms with Crippen LogP contribution in [0.15, 0.2) is 9.72 Å². The maximum absolute atomic E-state index is 12.4. The normalized spacial score (nSPS) is 27.6. The summed E-state index contributed by atoms with van der Waals surface area (Å²) in [4.78, 5) is 18.4. The van der Waals surface area contributed by atoms with Crippen LogP contribution in [-0.2, 0) is 14.6 Å². The highest BCUT2D eigenvalue weighted by molar-refractivity contribution is 8.01. The Morgan fingerprint density at radius 2 is 2.38 bits per heavy atom. The number of nitrogens with one attached hydrogen (secondary N) is 1. The van der Waals surface area contributed by atoms with E-state index in [9.17, 15) is 13.2 Å². The van der Waals surface area contributed by atoms with E-state index in [1.807, 2.05) is 12.3 Å². The Kier molecular flexibility index (Phi) is 4.26. The van der Waals surface area contributed by atoms with Gasteiger partial charge in [0.05, 0.1) is 23.3 Å². The molecule has 1 N–H and O–H groups in total. The lowest BCUT2D eigenvalue weighted by Crippen LogP contribution is -2.59. The lowest BCUT2D eigenvalue weighted by atomic mass is 10.1. The first-order valence-electron chi connectivity index (χ1n) is 6.73. The van der Waals surface area contributed by atoms with E-state index in [1.165, 1.54) is 23.1 Å². The molecule has 9 heteroatoms. The van der Waals surface area contributed by atoms with Gasteiger partial charge >= 0.3 is 0 Å². The second-order valence-corrected chi connectivity index (χ2v) is 9.57. The van der Waals surface area contributed by atoms with Gasteiger partial charge in [0.1, 0.15) is 0 Å². The molecule has 2 fully saturated rings. The number of rotatable bonds is 3. The van der Waals surface area contributed by atoms with Crippen LogP contribution in [0.4, 0.5) is 0 Å². The minimum Gasteiger partial charge on any atom is -0.335 e. The van der Waals surface area contributed by atoms with Crippen LogP contribution in [0.1, 0.15) is 5.69 Å². The molecule has 3 heterocycles. The van der Waals surface area contributed by atoms with Crippen molar-refractivity contribution in [2.75, 3.05) is 30.3 Å². The van der Waals surface area contributed by atoms with Gasteiger partial charge < -0.3 is 10.2 Å². The zero-order chi connectivity index (χ0) is 15.0. The fraction of sp³-hybridized carbons (Fsp3) is 0.667. The van der Waals surface area contributed by atoms with Gasteiger partial charge in [0, 0.05) is 30.2 Å². The van der Waals surface area contributed by atoms with Gasteiger partial charge in [0.25, 0.3) is 0 Å². The summed E-state index contributed by atoms with van der Waals surface area (Å²) in [5.41, 5.74) is 0.957. The third-order valence-corrected chi connectivity index (χ3v) is 7.56. The largest absolute Gasteiger partial charge is 0.335 e. The quantitative estimate of drug-likeness (QED) is 0.784. The molecule has 3 rings (SSSR count). The monoisotopic (exact) mass is 347 g/mol. The number of amides is 1. The molecule has 2 saturated heterocycles. The van der Waals surface area contributed by atoms with Crippen molar-refractivity contribution in [2.24, 2.45) is 0 Å². The van der Waals surface area contributed by atoms with E-state index in [0.29, 0.717) is 18.8 Å². The van der Waals surface area contributed by atoms with Gasteiger partial charge in [0.2, 0.25) is 5.91 Å². The molecule has 1 aromatic rings. The topological polar surface area (TPSA) is 79.4 Å². The van der Waals surface area contributed by atoms with Crippen LogP contribution in [0.25, 0.3) is 0 Å². The maximum atomic E-state index is 12.4. The van der Waals surface area contributed by atoms with E-state index < -0.39 is 9.84 Å². The van der Waals surface area contributed by atoms with E-state index in [4.69, 9.17) is 0 Å². The van der Waals surface area contributed by atoms with Crippen molar-refractivity contribution < 1.29 is 13.2 Å². The van der Waals surface area contributed by atoms with Crippen LogP contribution in [-0.4, -0.2) is 66.6 Å². The first kappa shape index (κ1) is 15.3. The molecular formula is C12H17N3O3S3. The second-order valence-electron chi connectivity index (χ2n) is 5.34. The molecular weight excluding hydrogens is 330 g/mol. The number of sulfone groups is 1. The van der Waals surface area contributed by atoms with Gasteiger partial charge in [-0.3, -0.25) is 4.79 Å². The van der Waals surface area contributed by atoms with Gasteiger partial charge in [-0.05, 0) is 6.92 Å². The lowest BCUT2D eigenvalue weighted by Gasteiger charge is -2.37. The maximum Gasteiger partial charge on any atom is 0.233 e. The number of hydrogen-bond donors (Lipinski definition) is 1. The van der Waals surface area contributed by atoms with Gasteiger partial charge in [-0.15, -0.1) is 11.3 Å². The third kappa shape index (κ3) is 3.41. The Bertz CT molecular complexity index is 643. The predicted molar refractivity (Wildman–Crippen MR) is 83.5 cm³/mol. The Labute approximate surface area is 132 Å². The standard InChI is InChI=1S/C12H17N3O3S3/c1-8-4-19-12(14-8)20-5-11(16)15-3-2-13-9-6-21(17,18)7-10(9)15/h4,9-10,13H,2-3,5-7H2,1H3/t9-,10+/m0/s1. The molecule has 0 bridgehead atoms. The molecule has 116 valence electrons. The first-order chi connectivity index (χ1) is 9.94. The molecule has 2 aliphatic rings. The number of carbonyl (C=O) groups excluding carboxylic acids is 1. The molecule has 1 amide bonds. The molecule has 6 nitrogen and oxygen atoms in total. The molecule has 0 aliphatic carbocycles. The zero-order valence-electron chi connectivity index (χ0n) is 11.6. The Hall–Kier alpha value is -0.640. The van der Waals surface area contributed by atoms with Crippen molar-refractivity contribution in [1.29, 1.82) is 0 Å². The molecule has 21 heavy (non-hydrogen) atoms. The zero-order valence-corrected chi connectivity index (χ0v) is 14.1. The fourth-order valence-corrected chi connectivity index (χ4v) is 6.47. The van der Waals surface area contributed by atoms with Crippen LogP contribution < -0.4 is 5.32 Å². The van der Waals surface area contributed by atoms with Crippen molar-refractivity contribution in [3.63, 3.8) is 0 Å². The summed E-state index contributed by atoms with van der Waals surface area (Å²) in [6.07, 6.45) is 0. The van der Waals surface area contributed by atoms with Crippen molar-refractivity contribution in [2.45, 2.75) is 23.3 Å². The number of nitrogens with zero attached hydrogens (tertiary/aromatic N) is 2. The second kappa shape index (κ2) is 5.86. The summed E-state index contributed by atoms with van der Waals surface area (Å²) >= 11 is 2.95.